The maximum atomic E-state index is 13.4. The number of furan rings is 1. The molecule has 1 amide bonds. The molecular weight excluding hydrogens is 470 g/mol. The molecule has 5 aromatic rings. The van der Waals surface area contributed by atoms with Crippen molar-refractivity contribution < 1.29 is 9.21 Å². The van der Waals surface area contributed by atoms with Crippen LogP contribution in [0.15, 0.2) is 45.2 Å². The summed E-state index contributed by atoms with van der Waals surface area (Å²) in [6.07, 6.45) is 0. The zero-order chi connectivity index (χ0) is 23.8. The monoisotopic (exact) mass is 491 g/mol. The molecule has 0 bridgehead atoms. The van der Waals surface area contributed by atoms with Gasteiger partial charge in [-0.05, 0) is 39.8 Å². The van der Waals surface area contributed by atoms with Gasteiger partial charge in [0.2, 0.25) is 0 Å². The average molecular weight is 492 g/mol. The summed E-state index contributed by atoms with van der Waals surface area (Å²) in [5.41, 5.74) is 3.81. The van der Waals surface area contributed by atoms with Gasteiger partial charge in [-0.25, -0.2) is 9.97 Å². The molecule has 34 heavy (non-hydrogen) atoms. The molecule has 1 N–H and O–H groups in total. The summed E-state index contributed by atoms with van der Waals surface area (Å²) in [5.74, 6) is 1.26. The van der Waals surface area contributed by atoms with E-state index in [9.17, 15) is 4.79 Å². The number of hydrogen-bond donors (Lipinski definition) is 1. The highest BCUT2D eigenvalue weighted by atomic mass is 32.2. The minimum atomic E-state index is -0.370. The van der Waals surface area contributed by atoms with Crippen LogP contribution in [0.1, 0.15) is 38.2 Å². The van der Waals surface area contributed by atoms with Crippen molar-refractivity contribution in [3.05, 3.63) is 69.8 Å². The summed E-state index contributed by atoms with van der Waals surface area (Å²) in [4.78, 5) is 22.4. The van der Waals surface area contributed by atoms with Gasteiger partial charge in [-0.15, -0.1) is 10.2 Å². The first kappa shape index (κ1) is 22.2. The number of fused-ring (bicyclic) bond motifs is 1. The number of aryl methyl sites for hydroxylation is 4. The van der Waals surface area contributed by atoms with E-state index < -0.39 is 0 Å². The average Bonchev–Trinajstić information content (AvgIpc) is 3.48. The molecule has 9 nitrogen and oxygen atoms in total. The second kappa shape index (κ2) is 8.99. The first-order chi connectivity index (χ1) is 16.4. The largest absolute Gasteiger partial charge is 0.451 e. The van der Waals surface area contributed by atoms with Crippen LogP contribution in [0.5, 0.6) is 0 Å². The van der Waals surface area contributed by atoms with Gasteiger partial charge in [0.25, 0.3) is 11.9 Å². The number of thioether (sulfide) groups is 1. The summed E-state index contributed by atoms with van der Waals surface area (Å²) >= 11 is 3.05. The predicted molar refractivity (Wildman–Crippen MR) is 132 cm³/mol. The molecule has 0 atom stereocenters. The molecule has 0 aliphatic rings. The van der Waals surface area contributed by atoms with Crippen LogP contribution in [-0.2, 0) is 5.75 Å². The second-order valence-electron chi connectivity index (χ2n) is 7.77. The molecule has 0 aliphatic heterocycles. The Morgan fingerprint density at radius 1 is 1.06 bits per heavy atom. The Morgan fingerprint density at radius 2 is 1.82 bits per heavy atom. The SMILES string of the molecule is Cc1cc(C)nc(-n2nc(C)cc2NC(=O)c2oc3ccccc3c2CSc2nnc(C)s2)n1. The lowest BCUT2D eigenvalue weighted by atomic mass is 10.1. The lowest BCUT2D eigenvalue weighted by Crippen LogP contribution is -2.17. The Balaban J connectivity index is 1.49. The molecule has 0 saturated carbocycles. The van der Waals surface area contributed by atoms with Crippen LogP contribution in [0.3, 0.4) is 0 Å². The first-order valence-corrected chi connectivity index (χ1v) is 12.3. The maximum Gasteiger partial charge on any atom is 0.292 e. The Labute approximate surface area is 203 Å². The normalized spacial score (nSPS) is 11.3. The van der Waals surface area contributed by atoms with Crippen molar-refractivity contribution in [2.24, 2.45) is 0 Å². The van der Waals surface area contributed by atoms with Crippen LogP contribution in [0, 0.1) is 27.7 Å². The van der Waals surface area contributed by atoms with Crippen LogP contribution in [0.25, 0.3) is 16.9 Å². The van der Waals surface area contributed by atoms with Crippen molar-refractivity contribution in [2.45, 2.75) is 37.8 Å². The molecule has 0 unspecified atom stereocenters. The highest BCUT2D eigenvalue weighted by Crippen LogP contribution is 2.33. The Morgan fingerprint density at radius 3 is 2.56 bits per heavy atom. The summed E-state index contributed by atoms with van der Waals surface area (Å²) in [6.45, 7) is 7.55. The van der Waals surface area contributed by atoms with Crippen molar-refractivity contribution in [2.75, 3.05) is 5.32 Å². The van der Waals surface area contributed by atoms with E-state index in [1.165, 1.54) is 27.8 Å². The van der Waals surface area contributed by atoms with Crippen molar-refractivity contribution in [3.63, 3.8) is 0 Å². The number of carbonyl (C=O) groups excluding carboxylic acids is 1. The molecule has 172 valence electrons. The van der Waals surface area contributed by atoms with Gasteiger partial charge >= 0.3 is 0 Å². The Kier molecular flexibility index (Phi) is 5.88. The number of aromatic nitrogens is 6. The third kappa shape index (κ3) is 4.44. The van der Waals surface area contributed by atoms with Crippen LogP contribution < -0.4 is 5.32 Å². The van der Waals surface area contributed by atoms with E-state index in [4.69, 9.17) is 4.42 Å². The zero-order valence-corrected chi connectivity index (χ0v) is 20.6. The lowest BCUT2D eigenvalue weighted by Gasteiger charge is -2.09. The number of nitrogens with one attached hydrogen (secondary N) is 1. The van der Waals surface area contributed by atoms with Crippen molar-refractivity contribution >= 4 is 45.8 Å². The highest BCUT2D eigenvalue weighted by molar-refractivity contribution is 8.00. The van der Waals surface area contributed by atoms with E-state index in [0.717, 1.165) is 37.4 Å². The third-order valence-corrected chi connectivity index (χ3v) is 6.98. The van der Waals surface area contributed by atoms with E-state index in [1.54, 1.807) is 6.07 Å². The number of nitrogens with zero attached hydrogens (tertiary/aromatic N) is 6. The topological polar surface area (TPSA) is 112 Å². The van der Waals surface area contributed by atoms with Crippen molar-refractivity contribution in [1.82, 2.24) is 29.9 Å². The van der Waals surface area contributed by atoms with Crippen molar-refractivity contribution in [3.8, 4) is 5.95 Å². The summed E-state index contributed by atoms with van der Waals surface area (Å²) in [5, 5.41) is 17.5. The minimum absolute atomic E-state index is 0.252. The molecule has 11 heteroatoms. The molecule has 0 spiro atoms. The molecule has 4 heterocycles. The fourth-order valence-electron chi connectivity index (χ4n) is 3.61. The van der Waals surface area contributed by atoms with Gasteiger partial charge in [-0.2, -0.15) is 9.78 Å². The number of anilines is 1. The lowest BCUT2D eigenvalue weighted by molar-refractivity contribution is 0.0997. The standard InChI is InChI=1S/C23H21N7O2S2/c1-12-9-13(2)25-22(24-12)30-19(10-14(3)29-30)26-21(31)20-17(11-33-23-28-27-15(4)34-23)16-7-5-6-8-18(16)32-20/h5-10H,11H2,1-4H3,(H,26,31). The van der Waals surface area contributed by atoms with Gasteiger partial charge < -0.3 is 9.73 Å². The van der Waals surface area contributed by atoms with Gasteiger partial charge in [-0.3, -0.25) is 4.79 Å². The van der Waals surface area contributed by atoms with E-state index in [2.05, 4.69) is 30.6 Å². The van der Waals surface area contributed by atoms with E-state index >= 15 is 0 Å². The van der Waals surface area contributed by atoms with Crippen LogP contribution in [-0.4, -0.2) is 35.9 Å². The van der Waals surface area contributed by atoms with Crippen LogP contribution >= 0.6 is 23.1 Å². The molecule has 5 rings (SSSR count). The summed E-state index contributed by atoms with van der Waals surface area (Å²) < 4.78 is 8.38. The summed E-state index contributed by atoms with van der Waals surface area (Å²) in [6, 6.07) is 11.3. The third-order valence-electron chi connectivity index (χ3n) is 4.99. The molecule has 0 aliphatic carbocycles. The molecular formula is C23H21N7O2S2. The van der Waals surface area contributed by atoms with Gasteiger partial charge in [0, 0.05) is 34.2 Å². The molecule has 1 aromatic carbocycles. The smallest absolute Gasteiger partial charge is 0.292 e. The fourth-order valence-corrected chi connectivity index (χ4v) is 5.46. The number of carbonyl (C=O) groups is 1. The molecule has 0 saturated heterocycles. The molecule has 0 fully saturated rings. The van der Waals surface area contributed by atoms with Gasteiger partial charge in [-0.1, -0.05) is 41.3 Å². The van der Waals surface area contributed by atoms with Gasteiger partial charge in [0.05, 0.1) is 5.69 Å². The number of amides is 1. The highest BCUT2D eigenvalue weighted by Gasteiger charge is 2.23. The zero-order valence-electron chi connectivity index (χ0n) is 19.0. The molecule has 4 aromatic heterocycles. The number of benzene rings is 1. The van der Waals surface area contributed by atoms with Crippen LogP contribution in [0.2, 0.25) is 0 Å². The van der Waals surface area contributed by atoms with E-state index in [-0.39, 0.29) is 11.7 Å². The minimum Gasteiger partial charge on any atom is -0.451 e. The maximum absolute atomic E-state index is 13.4. The predicted octanol–water partition coefficient (Wildman–Crippen LogP) is 5.04. The molecule has 0 radical (unpaired) electrons. The van der Waals surface area contributed by atoms with E-state index in [0.29, 0.717) is 23.1 Å². The number of rotatable bonds is 6. The Bertz CT molecular complexity index is 1500. The van der Waals surface area contributed by atoms with Crippen LogP contribution in [0.4, 0.5) is 5.82 Å². The fraction of sp³-hybridized carbons (Fsp3) is 0.217. The Hall–Kier alpha value is -3.57. The van der Waals surface area contributed by atoms with Gasteiger partial charge in [0.1, 0.15) is 16.4 Å². The summed E-state index contributed by atoms with van der Waals surface area (Å²) in [7, 11) is 0. The van der Waals surface area contributed by atoms with E-state index in [1.807, 2.05) is 58.0 Å². The van der Waals surface area contributed by atoms with Crippen molar-refractivity contribution in [1.29, 1.82) is 0 Å². The first-order valence-electron chi connectivity index (χ1n) is 10.5. The quantitative estimate of drug-likeness (QED) is 0.329. The van der Waals surface area contributed by atoms with Gasteiger partial charge in [0.15, 0.2) is 10.1 Å². The number of para-hydroxylation sites is 1. The number of hydrogen-bond acceptors (Lipinski definition) is 9. The second-order valence-corrected chi connectivity index (χ2v) is 10.2.